The highest BCUT2D eigenvalue weighted by atomic mass is 19.4. The van der Waals surface area contributed by atoms with Crippen molar-refractivity contribution in [2.24, 2.45) is 5.73 Å². The minimum absolute atomic E-state index is 0.0717. The third kappa shape index (κ3) is 4.87. The smallest absolute Gasteiger partial charge is 0.386 e. The molecule has 4 N–H and O–H groups in total. The lowest BCUT2D eigenvalue weighted by Gasteiger charge is -2.38. The molecule has 20 heavy (non-hydrogen) atoms. The number of urea groups is 1. The topological polar surface area (TPSA) is 85.5 Å². The fraction of sp³-hybridized carbons (Fsp3) is 0.818. The van der Waals surface area contributed by atoms with Crippen molar-refractivity contribution >= 4 is 11.9 Å². The van der Waals surface area contributed by atoms with E-state index in [2.05, 4.69) is 0 Å². The van der Waals surface area contributed by atoms with Crippen molar-refractivity contribution in [2.45, 2.75) is 25.6 Å². The molecule has 0 aromatic rings. The SMILES string of the molecule is CCC(C(=N)N)N1CCN(C(=O)NCC(F)(F)F)CC1. The number of halogens is 3. The van der Waals surface area contributed by atoms with Crippen LogP contribution in [-0.4, -0.2) is 66.6 Å². The van der Waals surface area contributed by atoms with Gasteiger partial charge >= 0.3 is 12.2 Å². The largest absolute Gasteiger partial charge is 0.405 e. The highest BCUT2D eigenvalue weighted by Gasteiger charge is 2.30. The van der Waals surface area contributed by atoms with Gasteiger partial charge in [0.05, 0.1) is 6.04 Å². The van der Waals surface area contributed by atoms with Crippen LogP contribution >= 0.6 is 0 Å². The van der Waals surface area contributed by atoms with Crippen molar-refractivity contribution < 1.29 is 18.0 Å². The molecule has 0 radical (unpaired) electrons. The zero-order valence-corrected chi connectivity index (χ0v) is 11.3. The number of carbonyl (C=O) groups excluding carboxylic acids is 1. The van der Waals surface area contributed by atoms with Crippen LogP contribution in [0.2, 0.25) is 0 Å². The first-order valence-corrected chi connectivity index (χ1v) is 6.42. The van der Waals surface area contributed by atoms with Crippen LogP contribution < -0.4 is 11.1 Å². The maximum atomic E-state index is 12.0. The molecule has 9 heteroatoms. The first kappa shape index (κ1) is 16.5. The summed E-state index contributed by atoms with van der Waals surface area (Å²) >= 11 is 0. The van der Waals surface area contributed by atoms with E-state index in [0.717, 1.165) is 0 Å². The number of hydrogen-bond donors (Lipinski definition) is 3. The van der Waals surface area contributed by atoms with Gasteiger partial charge in [-0.05, 0) is 6.42 Å². The predicted molar refractivity (Wildman–Crippen MR) is 68.6 cm³/mol. The third-order valence-corrected chi connectivity index (χ3v) is 3.23. The van der Waals surface area contributed by atoms with E-state index in [9.17, 15) is 18.0 Å². The molecule has 1 fully saturated rings. The molecule has 0 aromatic carbocycles. The van der Waals surface area contributed by atoms with Gasteiger partial charge in [-0.25, -0.2) is 4.79 Å². The van der Waals surface area contributed by atoms with Crippen molar-refractivity contribution in [3.63, 3.8) is 0 Å². The first-order valence-electron chi connectivity index (χ1n) is 6.42. The van der Waals surface area contributed by atoms with E-state index >= 15 is 0 Å². The molecular weight excluding hydrogens is 275 g/mol. The number of piperazine rings is 1. The number of nitrogens with two attached hydrogens (primary N) is 1. The standard InChI is InChI=1S/C11H20F3N5O/c1-2-8(9(15)16)18-3-5-19(6-4-18)10(20)17-7-11(12,13)14/h8H,2-7H2,1H3,(H3,15,16)(H,17,20). The Bertz CT molecular complexity index is 352. The van der Waals surface area contributed by atoms with Crippen LogP contribution in [0.3, 0.4) is 0 Å². The summed E-state index contributed by atoms with van der Waals surface area (Å²) in [6.45, 7) is 2.24. The molecule has 1 rings (SSSR count). The van der Waals surface area contributed by atoms with Crippen LogP contribution in [0, 0.1) is 5.41 Å². The first-order chi connectivity index (χ1) is 9.24. The monoisotopic (exact) mass is 295 g/mol. The van der Waals surface area contributed by atoms with E-state index in [0.29, 0.717) is 32.6 Å². The highest BCUT2D eigenvalue weighted by molar-refractivity contribution is 5.82. The Kier molecular flexibility index (Phi) is 5.61. The summed E-state index contributed by atoms with van der Waals surface area (Å²) in [7, 11) is 0. The molecule has 1 saturated heterocycles. The summed E-state index contributed by atoms with van der Waals surface area (Å²) in [4.78, 5) is 14.9. The molecular formula is C11H20F3N5O. The quantitative estimate of drug-likeness (QED) is 0.524. The van der Waals surface area contributed by atoms with Crippen LogP contribution in [0.15, 0.2) is 0 Å². The zero-order valence-electron chi connectivity index (χ0n) is 11.3. The molecule has 0 saturated carbocycles. The fourth-order valence-corrected chi connectivity index (χ4v) is 2.20. The van der Waals surface area contributed by atoms with Crippen molar-refractivity contribution in [2.75, 3.05) is 32.7 Å². The highest BCUT2D eigenvalue weighted by Crippen LogP contribution is 2.13. The molecule has 2 amide bonds. The minimum atomic E-state index is -4.40. The van der Waals surface area contributed by atoms with E-state index in [1.807, 2.05) is 17.1 Å². The molecule has 0 spiro atoms. The summed E-state index contributed by atoms with van der Waals surface area (Å²) < 4.78 is 36.0. The van der Waals surface area contributed by atoms with Crippen molar-refractivity contribution in [1.82, 2.24) is 15.1 Å². The van der Waals surface area contributed by atoms with Crippen LogP contribution in [-0.2, 0) is 0 Å². The zero-order chi connectivity index (χ0) is 15.3. The predicted octanol–water partition coefficient (Wildman–Crippen LogP) is 0.590. The van der Waals surface area contributed by atoms with Gasteiger partial charge < -0.3 is 16.0 Å². The second kappa shape index (κ2) is 6.78. The third-order valence-electron chi connectivity index (χ3n) is 3.23. The number of nitrogens with zero attached hydrogens (tertiary/aromatic N) is 2. The molecule has 0 aliphatic carbocycles. The Morgan fingerprint density at radius 2 is 1.90 bits per heavy atom. The Balaban J connectivity index is 2.42. The maximum absolute atomic E-state index is 12.0. The summed E-state index contributed by atoms with van der Waals surface area (Å²) in [5, 5.41) is 9.33. The number of alkyl halides is 3. The molecule has 6 nitrogen and oxygen atoms in total. The average Bonchev–Trinajstić information content (AvgIpc) is 2.36. The Morgan fingerprint density at radius 3 is 2.30 bits per heavy atom. The number of hydrogen-bond acceptors (Lipinski definition) is 3. The van der Waals surface area contributed by atoms with Gasteiger partial charge in [0.15, 0.2) is 0 Å². The molecule has 1 heterocycles. The van der Waals surface area contributed by atoms with E-state index < -0.39 is 18.8 Å². The Labute approximate surface area is 115 Å². The van der Waals surface area contributed by atoms with Gasteiger partial charge in [0.2, 0.25) is 0 Å². The number of amides is 2. The molecule has 0 aromatic heterocycles. The van der Waals surface area contributed by atoms with Crippen LogP contribution in [0.1, 0.15) is 13.3 Å². The van der Waals surface area contributed by atoms with E-state index in [1.165, 1.54) is 4.90 Å². The summed E-state index contributed by atoms with van der Waals surface area (Å²) in [6.07, 6.45) is -3.71. The summed E-state index contributed by atoms with van der Waals surface area (Å²) in [5.74, 6) is 0.0717. The Morgan fingerprint density at radius 1 is 1.35 bits per heavy atom. The van der Waals surface area contributed by atoms with Crippen molar-refractivity contribution in [1.29, 1.82) is 5.41 Å². The lowest BCUT2D eigenvalue weighted by atomic mass is 10.1. The molecule has 116 valence electrons. The number of carbonyl (C=O) groups is 1. The van der Waals surface area contributed by atoms with Gasteiger partial charge in [-0.1, -0.05) is 6.92 Å². The second-order valence-electron chi connectivity index (χ2n) is 4.68. The van der Waals surface area contributed by atoms with Crippen molar-refractivity contribution in [3.8, 4) is 0 Å². The van der Waals surface area contributed by atoms with E-state index in [1.54, 1.807) is 0 Å². The molecule has 1 unspecified atom stereocenters. The number of nitrogens with one attached hydrogen (secondary N) is 2. The Hall–Kier alpha value is -1.51. The van der Waals surface area contributed by atoms with E-state index in [-0.39, 0.29) is 11.9 Å². The van der Waals surface area contributed by atoms with Gasteiger partial charge in [-0.2, -0.15) is 13.2 Å². The fourth-order valence-electron chi connectivity index (χ4n) is 2.20. The second-order valence-corrected chi connectivity index (χ2v) is 4.68. The average molecular weight is 295 g/mol. The maximum Gasteiger partial charge on any atom is 0.405 e. The van der Waals surface area contributed by atoms with Gasteiger partial charge in [0.25, 0.3) is 0 Å². The van der Waals surface area contributed by atoms with Gasteiger partial charge in [-0.15, -0.1) is 0 Å². The number of rotatable bonds is 4. The van der Waals surface area contributed by atoms with Crippen molar-refractivity contribution in [3.05, 3.63) is 0 Å². The van der Waals surface area contributed by atoms with Gasteiger partial charge in [-0.3, -0.25) is 10.3 Å². The molecule has 1 aliphatic heterocycles. The van der Waals surface area contributed by atoms with Crippen LogP contribution in [0.4, 0.5) is 18.0 Å². The lowest BCUT2D eigenvalue weighted by Crippen LogP contribution is -2.57. The normalized spacial score (nSPS) is 18.7. The summed E-state index contributed by atoms with van der Waals surface area (Å²) in [6, 6.07) is -0.881. The number of amidine groups is 1. The lowest BCUT2D eigenvalue weighted by molar-refractivity contribution is -0.123. The van der Waals surface area contributed by atoms with E-state index in [4.69, 9.17) is 11.1 Å². The molecule has 1 atom stereocenters. The van der Waals surface area contributed by atoms with Gasteiger partial charge in [0.1, 0.15) is 12.4 Å². The summed E-state index contributed by atoms with van der Waals surface area (Å²) in [5.41, 5.74) is 5.49. The minimum Gasteiger partial charge on any atom is -0.386 e. The van der Waals surface area contributed by atoms with Crippen LogP contribution in [0.25, 0.3) is 0 Å². The van der Waals surface area contributed by atoms with Gasteiger partial charge in [0, 0.05) is 26.2 Å². The van der Waals surface area contributed by atoms with Crippen LogP contribution in [0.5, 0.6) is 0 Å². The molecule has 0 bridgehead atoms. The molecule has 1 aliphatic rings.